The van der Waals surface area contributed by atoms with E-state index in [1.54, 1.807) is 7.11 Å². The van der Waals surface area contributed by atoms with Crippen molar-refractivity contribution in [3.63, 3.8) is 0 Å². The molecule has 0 spiro atoms. The number of hydrogen-bond acceptors (Lipinski definition) is 4. The molecule has 0 N–H and O–H groups in total. The molecular formula is C27H24BrNO4. The zero-order chi connectivity index (χ0) is 21.7. The first-order chi connectivity index (χ1) is 15.7. The summed E-state index contributed by atoms with van der Waals surface area (Å²) in [5, 5.41) is 2.15. The molecule has 168 valence electrons. The van der Waals surface area contributed by atoms with Crippen molar-refractivity contribution < 1.29 is 40.5 Å². The molecule has 3 heterocycles. The van der Waals surface area contributed by atoms with Crippen LogP contribution in [0.2, 0.25) is 0 Å². The monoisotopic (exact) mass is 505 g/mol. The Balaban J connectivity index is 0.00000228. The van der Waals surface area contributed by atoms with Gasteiger partial charge in [-0.05, 0) is 47.7 Å². The summed E-state index contributed by atoms with van der Waals surface area (Å²) in [7, 11) is 1.69. The summed E-state index contributed by atoms with van der Waals surface area (Å²) in [4.78, 5) is 0. The fraction of sp³-hybridized carbons (Fsp3) is 0.222. The number of rotatable bonds is 4. The Hall–Kier alpha value is -3.25. The van der Waals surface area contributed by atoms with E-state index in [2.05, 4.69) is 54.1 Å². The van der Waals surface area contributed by atoms with Crippen molar-refractivity contribution in [2.75, 3.05) is 13.9 Å². The minimum absolute atomic E-state index is 0. The normalized spacial score (nSPS) is 14.1. The maximum Gasteiger partial charge on any atom is 0.231 e. The van der Waals surface area contributed by atoms with Crippen LogP contribution < -0.4 is 40.5 Å². The van der Waals surface area contributed by atoms with E-state index in [0.29, 0.717) is 0 Å². The second kappa shape index (κ2) is 8.60. The van der Waals surface area contributed by atoms with Crippen molar-refractivity contribution in [1.29, 1.82) is 0 Å². The summed E-state index contributed by atoms with van der Waals surface area (Å²) in [6, 6.07) is 20.8. The van der Waals surface area contributed by atoms with Gasteiger partial charge in [0.2, 0.25) is 12.5 Å². The highest BCUT2D eigenvalue weighted by atomic mass is 79.9. The van der Waals surface area contributed by atoms with Gasteiger partial charge in [0, 0.05) is 12.5 Å². The van der Waals surface area contributed by atoms with Gasteiger partial charge in [0.15, 0.2) is 35.7 Å². The van der Waals surface area contributed by atoms with Crippen LogP contribution in [0.3, 0.4) is 0 Å². The fourth-order valence-corrected chi connectivity index (χ4v) is 4.65. The molecule has 0 amide bonds. The number of halogens is 1. The quantitative estimate of drug-likeness (QED) is 0.399. The number of pyridine rings is 1. The number of methoxy groups -OCH3 is 1. The second-order valence-electron chi connectivity index (χ2n) is 8.24. The largest absolute Gasteiger partial charge is 1.00 e. The third-order valence-corrected chi connectivity index (χ3v) is 6.36. The van der Waals surface area contributed by atoms with Gasteiger partial charge >= 0.3 is 0 Å². The highest BCUT2D eigenvalue weighted by molar-refractivity contribution is 5.91. The van der Waals surface area contributed by atoms with Crippen LogP contribution in [0, 0.1) is 0 Å². The molecule has 0 radical (unpaired) electrons. The molecule has 0 saturated heterocycles. The molecule has 0 bridgehead atoms. The summed E-state index contributed by atoms with van der Waals surface area (Å²) < 4.78 is 25.7. The number of fused-ring (bicyclic) bond motifs is 5. The molecule has 0 aliphatic carbocycles. The smallest absolute Gasteiger partial charge is 0.231 e. The van der Waals surface area contributed by atoms with Crippen LogP contribution in [0.15, 0.2) is 66.9 Å². The summed E-state index contributed by atoms with van der Waals surface area (Å²) in [6.45, 7) is 3.25. The molecule has 3 aromatic carbocycles. The van der Waals surface area contributed by atoms with E-state index in [-0.39, 0.29) is 29.9 Å². The summed E-state index contributed by atoms with van der Waals surface area (Å²) in [5.74, 6) is 3.16. The molecule has 5 nitrogen and oxygen atoms in total. The van der Waals surface area contributed by atoms with Gasteiger partial charge in [0.1, 0.15) is 6.10 Å². The van der Waals surface area contributed by atoms with Crippen LogP contribution in [-0.4, -0.2) is 13.9 Å². The summed E-state index contributed by atoms with van der Waals surface area (Å²) in [6.07, 6.45) is 3.03. The lowest BCUT2D eigenvalue weighted by molar-refractivity contribution is -0.686. The van der Waals surface area contributed by atoms with E-state index < -0.39 is 0 Å². The number of aromatic nitrogens is 1. The average Bonchev–Trinajstić information content (AvgIpc) is 3.30. The van der Waals surface area contributed by atoms with Gasteiger partial charge in [0.25, 0.3) is 0 Å². The van der Waals surface area contributed by atoms with Crippen LogP contribution in [0.25, 0.3) is 22.0 Å². The van der Waals surface area contributed by atoms with Gasteiger partial charge in [-0.25, -0.2) is 0 Å². The predicted molar refractivity (Wildman–Crippen MR) is 121 cm³/mol. The molecule has 0 fully saturated rings. The SMILES string of the molecule is COc1ccc2cc3[n+](cc2c1OC(C)c1ccccc1)CCc1cc2c(cc1-3)OCO2.[Br-]. The third kappa shape index (κ3) is 3.68. The molecule has 33 heavy (non-hydrogen) atoms. The first kappa shape index (κ1) is 21.6. The Bertz CT molecular complexity index is 1340. The van der Waals surface area contributed by atoms with Crippen molar-refractivity contribution in [3.8, 4) is 34.3 Å². The molecular weight excluding hydrogens is 482 g/mol. The van der Waals surface area contributed by atoms with E-state index in [9.17, 15) is 0 Å². The third-order valence-electron chi connectivity index (χ3n) is 6.36. The average molecular weight is 506 g/mol. The van der Waals surface area contributed by atoms with E-state index in [4.69, 9.17) is 18.9 Å². The lowest BCUT2D eigenvalue weighted by Gasteiger charge is -2.20. The highest BCUT2D eigenvalue weighted by Crippen LogP contribution is 2.42. The summed E-state index contributed by atoms with van der Waals surface area (Å²) >= 11 is 0. The Morgan fingerprint density at radius 2 is 1.76 bits per heavy atom. The minimum atomic E-state index is -0.0998. The Morgan fingerprint density at radius 3 is 2.55 bits per heavy atom. The number of benzene rings is 3. The first-order valence-electron chi connectivity index (χ1n) is 10.9. The van der Waals surface area contributed by atoms with Crippen molar-refractivity contribution in [2.24, 2.45) is 0 Å². The van der Waals surface area contributed by atoms with E-state index in [0.717, 1.165) is 52.3 Å². The van der Waals surface area contributed by atoms with E-state index in [1.807, 2.05) is 24.3 Å². The number of ether oxygens (including phenoxy) is 4. The van der Waals surface area contributed by atoms with E-state index in [1.165, 1.54) is 16.8 Å². The van der Waals surface area contributed by atoms with Crippen molar-refractivity contribution >= 4 is 10.8 Å². The molecule has 4 aromatic rings. The number of hydrogen-bond donors (Lipinski definition) is 0. The first-order valence-corrected chi connectivity index (χ1v) is 10.9. The van der Waals surface area contributed by atoms with Gasteiger partial charge in [-0.3, -0.25) is 0 Å². The zero-order valence-electron chi connectivity index (χ0n) is 18.5. The topological polar surface area (TPSA) is 40.8 Å². The zero-order valence-corrected chi connectivity index (χ0v) is 20.1. The molecule has 2 aliphatic rings. The van der Waals surface area contributed by atoms with E-state index >= 15 is 0 Å². The lowest BCUT2D eigenvalue weighted by Crippen LogP contribution is -3.00. The standard InChI is InChI=1S/C27H24NO4.BrH/c1-17(18-6-4-3-5-7-18)32-27-22-15-28-11-10-20-13-25-26(31-16-30-25)14-21(20)23(28)12-19(22)8-9-24(27)29-2;/h3-9,12-15,17H,10-11,16H2,1-2H3;1H/q+1;/p-1. The lowest BCUT2D eigenvalue weighted by atomic mass is 9.95. The van der Waals surface area contributed by atoms with Crippen molar-refractivity contribution in [1.82, 2.24) is 0 Å². The van der Waals surface area contributed by atoms with Crippen LogP contribution in [0.1, 0.15) is 24.2 Å². The number of nitrogens with zero attached hydrogens (tertiary/aromatic N) is 1. The predicted octanol–water partition coefficient (Wildman–Crippen LogP) is 2.23. The Labute approximate surface area is 203 Å². The Kier molecular flexibility index (Phi) is 5.62. The highest BCUT2D eigenvalue weighted by Gasteiger charge is 2.29. The molecule has 2 aliphatic heterocycles. The van der Waals surface area contributed by atoms with Crippen LogP contribution in [0.5, 0.6) is 23.0 Å². The minimum Gasteiger partial charge on any atom is -1.00 e. The molecule has 1 unspecified atom stereocenters. The molecule has 1 aromatic heterocycles. The molecule has 0 saturated carbocycles. The number of aryl methyl sites for hydroxylation is 2. The maximum absolute atomic E-state index is 6.48. The van der Waals surface area contributed by atoms with Crippen molar-refractivity contribution in [3.05, 3.63) is 78.0 Å². The molecule has 6 heteroatoms. The van der Waals surface area contributed by atoms with Gasteiger partial charge in [-0.1, -0.05) is 30.3 Å². The van der Waals surface area contributed by atoms with Crippen LogP contribution >= 0.6 is 0 Å². The van der Waals surface area contributed by atoms with Gasteiger partial charge < -0.3 is 35.9 Å². The summed E-state index contributed by atoms with van der Waals surface area (Å²) in [5.41, 5.74) is 4.78. The van der Waals surface area contributed by atoms with Gasteiger partial charge in [-0.2, -0.15) is 4.57 Å². The maximum atomic E-state index is 6.48. The molecule has 6 rings (SSSR count). The second-order valence-corrected chi connectivity index (χ2v) is 8.24. The van der Waals surface area contributed by atoms with Crippen LogP contribution in [-0.2, 0) is 13.0 Å². The fourth-order valence-electron chi connectivity index (χ4n) is 4.65. The van der Waals surface area contributed by atoms with Gasteiger partial charge in [0.05, 0.1) is 18.1 Å². The van der Waals surface area contributed by atoms with Crippen LogP contribution in [0.4, 0.5) is 0 Å². The Morgan fingerprint density at radius 1 is 0.970 bits per heavy atom. The van der Waals surface area contributed by atoms with Crippen molar-refractivity contribution in [2.45, 2.75) is 26.0 Å². The van der Waals surface area contributed by atoms with Gasteiger partial charge in [-0.15, -0.1) is 0 Å². The molecule has 1 atom stereocenters.